The molecule has 1 aromatic rings. The van der Waals surface area contributed by atoms with Crippen LogP contribution in [0.1, 0.15) is 56.0 Å². The molecule has 1 atom stereocenters. The number of ether oxygens (including phenoxy) is 1. The summed E-state index contributed by atoms with van der Waals surface area (Å²) in [5.74, 6) is -0.326. The van der Waals surface area contributed by atoms with Crippen LogP contribution in [-0.2, 0) is 10.3 Å². The van der Waals surface area contributed by atoms with E-state index in [0.29, 0.717) is 18.4 Å². The second-order valence-corrected chi connectivity index (χ2v) is 6.02. The molecule has 4 heteroatoms. The van der Waals surface area contributed by atoms with Crippen LogP contribution in [0.5, 0.6) is 5.75 Å². The molecule has 1 aliphatic heterocycles. The highest BCUT2D eigenvalue weighted by Gasteiger charge is 2.41. The maximum atomic E-state index is 11.8. The minimum atomic E-state index is -0.712. The molecule has 104 valence electrons. The molecule has 0 amide bonds. The Balaban J connectivity index is 2.16. The van der Waals surface area contributed by atoms with Gasteiger partial charge < -0.3 is 14.9 Å². The highest BCUT2D eigenvalue weighted by Crippen LogP contribution is 2.41. The number of hydrogen-bond acceptors (Lipinski definition) is 4. The molecule has 2 N–H and O–H groups in total. The molecule has 4 nitrogen and oxygen atoms in total. The minimum Gasteiger partial charge on any atom is -0.508 e. The smallest absolute Gasteiger partial charge is 0.339 e. The molecule has 1 aliphatic rings. The zero-order chi connectivity index (χ0) is 14.3. The molecular formula is C15H20O4. The van der Waals surface area contributed by atoms with Gasteiger partial charge in [0.2, 0.25) is 0 Å². The van der Waals surface area contributed by atoms with Crippen molar-refractivity contribution in [3.63, 3.8) is 0 Å². The Morgan fingerprint density at radius 2 is 2.05 bits per heavy atom. The van der Waals surface area contributed by atoms with Gasteiger partial charge >= 0.3 is 5.97 Å². The quantitative estimate of drug-likeness (QED) is 0.821. The molecule has 1 aromatic carbocycles. The minimum absolute atomic E-state index is 0.0661. The lowest BCUT2D eigenvalue weighted by Crippen LogP contribution is -2.24. The third-order valence-electron chi connectivity index (χ3n) is 3.55. The van der Waals surface area contributed by atoms with Crippen molar-refractivity contribution in [3.05, 3.63) is 29.3 Å². The Labute approximate surface area is 113 Å². The van der Waals surface area contributed by atoms with Crippen molar-refractivity contribution >= 4 is 5.97 Å². The lowest BCUT2D eigenvalue weighted by molar-refractivity contribution is -0.00813. The van der Waals surface area contributed by atoms with E-state index >= 15 is 0 Å². The molecule has 2 rings (SSSR count). The monoisotopic (exact) mass is 264 g/mol. The Morgan fingerprint density at radius 1 is 1.37 bits per heavy atom. The van der Waals surface area contributed by atoms with Crippen molar-refractivity contribution in [2.45, 2.75) is 51.2 Å². The predicted molar refractivity (Wildman–Crippen MR) is 71.0 cm³/mol. The van der Waals surface area contributed by atoms with Crippen molar-refractivity contribution in [2.24, 2.45) is 0 Å². The van der Waals surface area contributed by atoms with Crippen molar-refractivity contribution in [1.82, 2.24) is 0 Å². The first kappa shape index (κ1) is 13.9. The van der Waals surface area contributed by atoms with Gasteiger partial charge in [0, 0.05) is 5.56 Å². The van der Waals surface area contributed by atoms with Gasteiger partial charge in [-0.2, -0.15) is 0 Å². The fourth-order valence-corrected chi connectivity index (χ4v) is 2.52. The number of aromatic hydroxyl groups is 1. The van der Waals surface area contributed by atoms with Crippen LogP contribution in [0, 0.1) is 0 Å². The third-order valence-corrected chi connectivity index (χ3v) is 3.55. The summed E-state index contributed by atoms with van der Waals surface area (Å²) in [5, 5.41) is 19.1. The fraction of sp³-hybridized carbons (Fsp3) is 0.533. The van der Waals surface area contributed by atoms with Crippen molar-refractivity contribution < 1.29 is 19.7 Å². The van der Waals surface area contributed by atoms with Crippen LogP contribution >= 0.6 is 0 Å². The maximum absolute atomic E-state index is 11.8. The lowest BCUT2D eigenvalue weighted by Gasteiger charge is -2.26. The molecule has 0 saturated carbocycles. The van der Waals surface area contributed by atoms with Crippen LogP contribution in [0.15, 0.2) is 18.2 Å². The number of esters is 1. The van der Waals surface area contributed by atoms with E-state index < -0.39 is 17.2 Å². The van der Waals surface area contributed by atoms with Crippen molar-refractivity contribution in [1.29, 1.82) is 0 Å². The summed E-state index contributed by atoms with van der Waals surface area (Å²) in [6.45, 7) is 5.40. The lowest BCUT2D eigenvalue weighted by atomic mass is 9.87. The summed E-state index contributed by atoms with van der Waals surface area (Å²) in [4.78, 5) is 11.8. The summed E-state index contributed by atoms with van der Waals surface area (Å²) >= 11 is 0. The topological polar surface area (TPSA) is 66.8 Å². The number of phenolic OH excluding ortho intramolecular Hbond substituents is 1. The van der Waals surface area contributed by atoms with Gasteiger partial charge in [0.25, 0.3) is 0 Å². The second kappa shape index (κ2) is 4.53. The van der Waals surface area contributed by atoms with E-state index in [9.17, 15) is 15.0 Å². The zero-order valence-electron chi connectivity index (χ0n) is 11.6. The highest BCUT2D eigenvalue weighted by molar-refractivity contribution is 5.95. The number of cyclic esters (lactones) is 1. The Kier molecular flexibility index (Phi) is 3.31. The van der Waals surface area contributed by atoms with E-state index in [1.807, 2.05) is 6.92 Å². The summed E-state index contributed by atoms with van der Waals surface area (Å²) < 4.78 is 5.46. The first-order valence-corrected chi connectivity index (χ1v) is 6.50. The first-order chi connectivity index (χ1) is 8.71. The van der Waals surface area contributed by atoms with E-state index in [-0.39, 0.29) is 5.75 Å². The molecular weight excluding hydrogens is 244 g/mol. The third kappa shape index (κ3) is 2.89. The van der Waals surface area contributed by atoms with E-state index in [1.54, 1.807) is 26.0 Å². The Hall–Kier alpha value is -1.55. The first-order valence-electron chi connectivity index (χ1n) is 6.50. The predicted octanol–water partition coefficient (Wildman–Crippen LogP) is 2.72. The number of carbonyl (C=O) groups is 1. The molecule has 19 heavy (non-hydrogen) atoms. The summed E-state index contributed by atoms with van der Waals surface area (Å²) in [7, 11) is 0. The Bertz CT molecular complexity index is 501. The van der Waals surface area contributed by atoms with Crippen molar-refractivity contribution in [2.75, 3.05) is 0 Å². The number of aliphatic hydroxyl groups is 1. The number of hydrogen-bond donors (Lipinski definition) is 2. The second-order valence-electron chi connectivity index (χ2n) is 6.02. The SMILES string of the molecule is CC(C)(O)CCC[C@@]1(C)OC(=O)c2cc(O)ccc21. The standard InChI is InChI=1S/C15H20O4/c1-14(2,18)7-4-8-15(3)12-6-5-10(16)9-11(12)13(17)19-15/h5-6,9,16,18H,4,7-8H2,1-3H3/t15-/m1/s1. The molecule has 0 aliphatic carbocycles. The number of benzene rings is 1. The molecule has 0 aromatic heterocycles. The zero-order valence-corrected chi connectivity index (χ0v) is 11.6. The maximum Gasteiger partial charge on any atom is 0.339 e. The summed E-state index contributed by atoms with van der Waals surface area (Å²) in [5.41, 5.74) is -0.126. The van der Waals surface area contributed by atoms with Gasteiger partial charge in [-0.15, -0.1) is 0 Å². The fourth-order valence-electron chi connectivity index (χ4n) is 2.52. The van der Waals surface area contributed by atoms with Crippen LogP contribution in [0.3, 0.4) is 0 Å². The van der Waals surface area contributed by atoms with Gasteiger partial charge in [-0.1, -0.05) is 6.07 Å². The average molecular weight is 264 g/mol. The van der Waals surface area contributed by atoms with Crippen LogP contribution in [0.4, 0.5) is 0 Å². The van der Waals surface area contributed by atoms with Crippen LogP contribution < -0.4 is 0 Å². The molecule has 0 saturated heterocycles. The van der Waals surface area contributed by atoms with Crippen LogP contribution in [0.25, 0.3) is 0 Å². The molecule has 0 fully saturated rings. The number of rotatable bonds is 4. The molecule has 0 radical (unpaired) electrons. The van der Waals surface area contributed by atoms with Gasteiger partial charge in [0.05, 0.1) is 11.2 Å². The van der Waals surface area contributed by atoms with Gasteiger partial charge in [-0.3, -0.25) is 0 Å². The van der Waals surface area contributed by atoms with Crippen molar-refractivity contribution in [3.8, 4) is 5.75 Å². The van der Waals surface area contributed by atoms with E-state index in [2.05, 4.69) is 0 Å². The normalized spacial score (nSPS) is 22.2. The summed E-state index contributed by atoms with van der Waals surface area (Å²) in [6, 6.07) is 4.74. The van der Waals surface area contributed by atoms with Gasteiger partial charge in [0.15, 0.2) is 0 Å². The molecule has 0 unspecified atom stereocenters. The number of phenols is 1. The average Bonchev–Trinajstić information content (AvgIpc) is 2.49. The number of fused-ring (bicyclic) bond motifs is 1. The molecule has 0 spiro atoms. The van der Waals surface area contributed by atoms with Gasteiger partial charge in [-0.25, -0.2) is 4.79 Å². The molecule has 0 bridgehead atoms. The Morgan fingerprint density at radius 3 is 2.68 bits per heavy atom. The highest BCUT2D eigenvalue weighted by atomic mass is 16.6. The van der Waals surface area contributed by atoms with E-state index in [0.717, 1.165) is 12.0 Å². The van der Waals surface area contributed by atoms with E-state index in [1.165, 1.54) is 6.07 Å². The van der Waals surface area contributed by atoms with E-state index in [4.69, 9.17) is 4.74 Å². The summed E-state index contributed by atoms with van der Waals surface area (Å²) in [6.07, 6.45) is 2.06. The van der Waals surface area contributed by atoms with Gasteiger partial charge in [-0.05, 0) is 52.2 Å². The largest absolute Gasteiger partial charge is 0.508 e. The van der Waals surface area contributed by atoms with Gasteiger partial charge in [0.1, 0.15) is 11.4 Å². The van der Waals surface area contributed by atoms with Crippen LogP contribution in [0.2, 0.25) is 0 Å². The number of carbonyl (C=O) groups excluding carboxylic acids is 1. The molecule has 1 heterocycles. The van der Waals surface area contributed by atoms with Crippen LogP contribution in [-0.4, -0.2) is 21.8 Å².